The first kappa shape index (κ1) is 18.2. The molecule has 0 aromatic carbocycles. The van der Waals surface area contributed by atoms with Gasteiger partial charge in [0.05, 0.1) is 12.2 Å². The van der Waals surface area contributed by atoms with Crippen LogP contribution in [0, 0.1) is 5.92 Å². The van der Waals surface area contributed by atoms with Crippen LogP contribution in [0.1, 0.15) is 47.0 Å². The van der Waals surface area contributed by atoms with E-state index in [4.69, 9.17) is 9.73 Å². The van der Waals surface area contributed by atoms with Gasteiger partial charge in [-0.2, -0.15) is 0 Å². The van der Waals surface area contributed by atoms with E-state index in [0.717, 1.165) is 58.0 Å². The van der Waals surface area contributed by atoms with Crippen molar-refractivity contribution in [3.8, 4) is 0 Å². The Morgan fingerprint density at radius 1 is 1.33 bits per heavy atom. The highest BCUT2D eigenvalue weighted by atomic mass is 16.5. The summed E-state index contributed by atoms with van der Waals surface area (Å²) in [5, 5.41) is 13.0. The summed E-state index contributed by atoms with van der Waals surface area (Å²) in [4.78, 5) is 6.99. The van der Waals surface area contributed by atoms with Crippen molar-refractivity contribution in [2.45, 2.75) is 59.2 Å². The average molecular weight is 299 g/mol. The molecule has 1 aliphatic rings. The van der Waals surface area contributed by atoms with Crippen molar-refractivity contribution < 1.29 is 9.84 Å². The number of likely N-dealkylation sites (tertiary alicyclic amines) is 1. The van der Waals surface area contributed by atoms with Gasteiger partial charge in [0, 0.05) is 32.8 Å². The molecule has 1 fully saturated rings. The molecule has 1 unspecified atom stereocenters. The fourth-order valence-corrected chi connectivity index (χ4v) is 2.62. The predicted octanol–water partition coefficient (Wildman–Crippen LogP) is 1.86. The van der Waals surface area contributed by atoms with Crippen molar-refractivity contribution in [1.29, 1.82) is 0 Å². The van der Waals surface area contributed by atoms with Crippen molar-refractivity contribution in [2.24, 2.45) is 10.9 Å². The molecule has 0 aromatic heterocycles. The van der Waals surface area contributed by atoms with E-state index in [0.29, 0.717) is 5.92 Å². The number of guanidine groups is 1. The van der Waals surface area contributed by atoms with Crippen LogP contribution in [0.4, 0.5) is 0 Å². The molecule has 0 bridgehead atoms. The zero-order valence-corrected chi connectivity index (χ0v) is 14.1. The SMILES string of the molecule is CCNC(=NCCC(OCC)C(C)C)N1CCC(O)CC1. The van der Waals surface area contributed by atoms with Crippen LogP contribution in [-0.4, -0.2) is 61.0 Å². The summed E-state index contributed by atoms with van der Waals surface area (Å²) >= 11 is 0. The van der Waals surface area contributed by atoms with E-state index in [2.05, 4.69) is 31.0 Å². The number of nitrogens with zero attached hydrogens (tertiary/aromatic N) is 2. The Morgan fingerprint density at radius 3 is 2.52 bits per heavy atom. The smallest absolute Gasteiger partial charge is 0.193 e. The number of nitrogens with one attached hydrogen (secondary N) is 1. The highest BCUT2D eigenvalue weighted by molar-refractivity contribution is 5.80. The Bertz CT molecular complexity index is 300. The number of ether oxygens (including phenoxy) is 1. The van der Waals surface area contributed by atoms with Gasteiger partial charge in [-0.1, -0.05) is 13.8 Å². The second kappa shape index (κ2) is 10.0. The number of rotatable bonds is 7. The fourth-order valence-electron chi connectivity index (χ4n) is 2.62. The topological polar surface area (TPSA) is 57.1 Å². The average Bonchev–Trinajstić information content (AvgIpc) is 2.46. The molecule has 1 aliphatic heterocycles. The monoisotopic (exact) mass is 299 g/mol. The number of aliphatic hydroxyl groups excluding tert-OH is 1. The zero-order chi connectivity index (χ0) is 15.7. The molecule has 0 amide bonds. The van der Waals surface area contributed by atoms with Gasteiger partial charge in [-0.15, -0.1) is 0 Å². The van der Waals surface area contributed by atoms with Crippen molar-refractivity contribution in [2.75, 3.05) is 32.8 Å². The van der Waals surface area contributed by atoms with E-state index in [1.807, 2.05) is 6.92 Å². The van der Waals surface area contributed by atoms with Gasteiger partial charge < -0.3 is 20.1 Å². The zero-order valence-electron chi connectivity index (χ0n) is 14.1. The molecule has 124 valence electrons. The standard InChI is InChI=1S/C16H33N3O2/c1-5-17-16(19-11-8-14(20)9-12-19)18-10-7-15(13(3)4)21-6-2/h13-15,20H,5-12H2,1-4H3,(H,17,18). The lowest BCUT2D eigenvalue weighted by molar-refractivity contribution is 0.0266. The molecule has 5 heteroatoms. The van der Waals surface area contributed by atoms with Crippen LogP contribution in [0.5, 0.6) is 0 Å². The van der Waals surface area contributed by atoms with E-state index in [-0.39, 0.29) is 12.2 Å². The normalized spacial score (nSPS) is 19.1. The minimum absolute atomic E-state index is 0.146. The molecular weight excluding hydrogens is 266 g/mol. The van der Waals surface area contributed by atoms with Gasteiger partial charge in [0.1, 0.15) is 0 Å². The Morgan fingerprint density at radius 2 is 2.00 bits per heavy atom. The van der Waals surface area contributed by atoms with Gasteiger partial charge in [0.15, 0.2) is 5.96 Å². The third-order valence-electron chi connectivity index (χ3n) is 3.90. The quantitative estimate of drug-likeness (QED) is 0.556. The van der Waals surface area contributed by atoms with E-state index < -0.39 is 0 Å². The maximum absolute atomic E-state index is 9.60. The lowest BCUT2D eigenvalue weighted by Crippen LogP contribution is -2.46. The van der Waals surface area contributed by atoms with E-state index in [1.165, 1.54) is 0 Å². The van der Waals surface area contributed by atoms with Gasteiger partial charge >= 0.3 is 0 Å². The molecule has 21 heavy (non-hydrogen) atoms. The summed E-state index contributed by atoms with van der Waals surface area (Å²) in [6.07, 6.45) is 2.75. The molecule has 2 N–H and O–H groups in total. The molecular formula is C16H33N3O2. The third-order valence-corrected chi connectivity index (χ3v) is 3.90. The summed E-state index contributed by atoms with van der Waals surface area (Å²) in [5.41, 5.74) is 0. The van der Waals surface area contributed by atoms with Gasteiger partial charge in [0.2, 0.25) is 0 Å². The lowest BCUT2D eigenvalue weighted by atomic mass is 10.0. The Balaban J connectivity index is 2.50. The van der Waals surface area contributed by atoms with E-state index >= 15 is 0 Å². The van der Waals surface area contributed by atoms with Crippen LogP contribution in [-0.2, 0) is 4.74 Å². The molecule has 5 nitrogen and oxygen atoms in total. The fraction of sp³-hybridized carbons (Fsp3) is 0.938. The van der Waals surface area contributed by atoms with Crippen LogP contribution < -0.4 is 5.32 Å². The third kappa shape index (κ3) is 6.66. The first-order valence-electron chi connectivity index (χ1n) is 8.41. The maximum Gasteiger partial charge on any atom is 0.193 e. The highest BCUT2D eigenvalue weighted by Gasteiger charge is 2.20. The van der Waals surface area contributed by atoms with Crippen LogP contribution >= 0.6 is 0 Å². The van der Waals surface area contributed by atoms with Gasteiger partial charge in [-0.3, -0.25) is 4.99 Å². The molecule has 1 atom stereocenters. The Hall–Kier alpha value is -0.810. The predicted molar refractivity (Wildman–Crippen MR) is 87.7 cm³/mol. The molecule has 0 aliphatic carbocycles. The molecule has 0 spiro atoms. The first-order valence-corrected chi connectivity index (χ1v) is 8.41. The largest absolute Gasteiger partial charge is 0.393 e. The minimum Gasteiger partial charge on any atom is -0.393 e. The highest BCUT2D eigenvalue weighted by Crippen LogP contribution is 2.12. The van der Waals surface area contributed by atoms with Gasteiger partial charge in [0.25, 0.3) is 0 Å². The summed E-state index contributed by atoms with van der Waals surface area (Å²) in [6.45, 7) is 12.7. The first-order chi connectivity index (χ1) is 10.1. The molecule has 1 heterocycles. The summed E-state index contributed by atoms with van der Waals surface area (Å²) in [6, 6.07) is 0. The van der Waals surface area contributed by atoms with Crippen LogP contribution in [0.15, 0.2) is 4.99 Å². The number of aliphatic hydroxyl groups is 1. The van der Waals surface area contributed by atoms with Gasteiger partial charge in [-0.25, -0.2) is 0 Å². The van der Waals surface area contributed by atoms with Crippen molar-refractivity contribution in [1.82, 2.24) is 10.2 Å². The lowest BCUT2D eigenvalue weighted by Gasteiger charge is -2.32. The van der Waals surface area contributed by atoms with Crippen LogP contribution in [0.25, 0.3) is 0 Å². The molecule has 0 aromatic rings. The van der Waals surface area contributed by atoms with Gasteiger partial charge in [-0.05, 0) is 39.0 Å². The number of hydrogen-bond donors (Lipinski definition) is 2. The number of aliphatic imine (C=N–C) groups is 1. The molecule has 0 saturated carbocycles. The van der Waals surface area contributed by atoms with E-state index in [1.54, 1.807) is 0 Å². The second-order valence-corrected chi connectivity index (χ2v) is 5.98. The Kier molecular flexibility index (Phi) is 8.69. The summed E-state index contributed by atoms with van der Waals surface area (Å²) in [7, 11) is 0. The number of piperidine rings is 1. The summed E-state index contributed by atoms with van der Waals surface area (Å²) in [5.74, 6) is 1.50. The second-order valence-electron chi connectivity index (χ2n) is 5.98. The van der Waals surface area contributed by atoms with Crippen LogP contribution in [0.3, 0.4) is 0 Å². The molecule has 1 rings (SSSR count). The van der Waals surface area contributed by atoms with Crippen LogP contribution in [0.2, 0.25) is 0 Å². The number of hydrogen-bond acceptors (Lipinski definition) is 3. The molecule has 1 saturated heterocycles. The Labute approximate surface area is 129 Å². The molecule has 0 radical (unpaired) electrons. The van der Waals surface area contributed by atoms with Crippen molar-refractivity contribution in [3.05, 3.63) is 0 Å². The summed E-state index contributed by atoms with van der Waals surface area (Å²) < 4.78 is 5.77. The van der Waals surface area contributed by atoms with E-state index in [9.17, 15) is 5.11 Å². The van der Waals surface area contributed by atoms with Crippen molar-refractivity contribution >= 4 is 5.96 Å². The van der Waals surface area contributed by atoms with Crippen molar-refractivity contribution in [3.63, 3.8) is 0 Å². The minimum atomic E-state index is -0.146. The maximum atomic E-state index is 9.60.